The number of aromatic carboxylic acids is 1. The van der Waals surface area contributed by atoms with Crippen molar-refractivity contribution in [2.24, 2.45) is 0 Å². The Morgan fingerprint density at radius 1 is 1.38 bits per heavy atom. The largest absolute Gasteiger partial charge is 0.478 e. The van der Waals surface area contributed by atoms with Crippen LogP contribution in [-0.2, 0) is 0 Å². The summed E-state index contributed by atoms with van der Waals surface area (Å²) in [4.78, 5) is 11.7. The first-order chi connectivity index (χ1) is 7.66. The Labute approximate surface area is 101 Å². The molecule has 0 radical (unpaired) electrons. The average Bonchev–Trinajstić information content (AvgIpc) is 2.73. The fourth-order valence-electron chi connectivity index (χ4n) is 1.23. The molecule has 0 aliphatic rings. The van der Waals surface area contributed by atoms with Crippen molar-refractivity contribution >= 4 is 34.8 Å². The van der Waals surface area contributed by atoms with Crippen LogP contribution in [0, 0.1) is 0 Å². The van der Waals surface area contributed by atoms with Gasteiger partial charge in [0.05, 0.1) is 9.77 Å². The number of benzene rings is 1. The fourth-order valence-corrected chi connectivity index (χ4v) is 3.07. The van der Waals surface area contributed by atoms with E-state index >= 15 is 0 Å². The third-order valence-electron chi connectivity index (χ3n) is 1.94. The smallest absolute Gasteiger partial charge is 0.336 e. The van der Waals surface area contributed by atoms with E-state index in [2.05, 4.69) is 0 Å². The van der Waals surface area contributed by atoms with E-state index in [0.717, 1.165) is 4.21 Å². The molecule has 5 heteroatoms. The summed E-state index contributed by atoms with van der Waals surface area (Å²) >= 11 is 3.02. The van der Waals surface area contributed by atoms with Gasteiger partial charge in [0.2, 0.25) is 0 Å². The first-order valence-electron chi connectivity index (χ1n) is 4.51. The minimum absolute atomic E-state index is 0.249. The maximum Gasteiger partial charge on any atom is 0.336 e. The summed E-state index contributed by atoms with van der Waals surface area (Å²) in [6.45, 7) is 0. The van der Waals surface area contributed by atoms with Crippen LogP contribution in [0.2, 0.25) is 0 Å². The summed E-state index contributed by atoms with van der Waals surface area (Å²) in [5.41, 5.74) is 6.28. The van der Waals surface area contributed by atoms with E-state index in [0.29, 0.717) is 10.6 Å². The molecule has 0 saturated carbocycles. The summed E-state index contributed by atoms with van der Waals surface area (Å²) < 4.78 is 1.06. The molecule has 0 unspecified atom stereocenters. The van der Waals surface area contributed by atoms with Crippen molar-refractivity contribution in [2.45, 2.75) is 9.10 Å². The van der Waals surface area contributed by atoms with Gasteiger partial charge in [0, 0.05) is 10.6 Å². The highest BCUT2D eigenvalue weighted by Crippen LogP contribution is 2.34. The normalized spacial score (nSPS) is 10.2. The molecule has 0 fully saturated rings. The molecule has 1 aromatic heterocycles. The van der Waals surface area contributed by atoms with Crippen LogP contribution in [-0.4, -0.2) is 11.1 Å². The molecule has 0 aliphatic carbocycles. The zero-order valence-electron chi connectivity index (χ0n) is 8.21. The van der Waals surface area contributed by atoms with Gasteiger partial charge in [-0.25, -0.2) is 4.79 Å². The SMILES string of the molecule is Nc1ccc(Sc2cccs2)c(C(=O)O)c1. The summed E-state index contributed by atoms with van der Waals surface area (Å²) in [6.07, 6.45) is 0. The lowest BCUT2D eigenvalue weighted by atomic mass is 10.2. The molecular weight excluding hydrogens is 242 g/mol. The maximum atomic E-state index is 11.0. The van der Waals surface area contributed by atoms with Crippen LogP contribution >= 0.6 is 23.1 Å². The number of thiophene rings is 1. The molecule has 82 valence electrons. The molecule has 0 saturated heterocycles. The first-order valence-corrected chi connectivity index (χ1v) is 6.20. The average molecular weight is 251 g/mol. The van der Waals surface area contributed by atoms with E-state index in [1.54, 1.807) is 23.5 Å². The third-order valence-corrected chi connectivity index (χ3v) is 4.05. The van der Waals surface area contributed by atoms with Gasteiger partial charge in [-0.05, 0) is 29.6 Å². The molecule has 0 aliphatic heterocycles. The fraction of sp³-hybridized carbons (Fsp3) is 0. The number of carboxylic acids is 1. The minimum Gasteiger partial charge on any atom is -0.478 e. The molecule has 1 heterocycles. The number of carboxylic acid groups (broad SMARTS) is 1. The van der Waals surface area contributed by atoms with Crippen molar-refractivity contribution in [3.05, 3.63) is 41.3 Å². The van der Waals surface area contributed by atoms with Crippen LogP contribution in [0.5, 0.6) is 0 Å². The van der Waals surface area contributed by atoms with Crippen molar-refractivity contribution in [2.75, 3.05) is 5.73 Å². The van der Waals surface area contributed by atoms with Crippen LogP contribution in [0.15, 0.2) is 44.8 Å². The number of carbonyl (C=O) groups is 1. The summed E-state index contributed by atoms with van der Waals surface area (Å²) in [5, 5.41) is 11.0. The second-order valence-corrected chi connectivity index (χ2v) is 5.38. The van der Waals surface area contributed by atoms with Crippen LogP contribution in [0.1, 0.15) is 10.4 Å². The molecule has 2 rings (SSSR count). The van der Waals surface area contributed by atoms with Gasteiger partial charge in [0.1, 0.15) is 0 Å². The second kappa shape index (κ2) is 4.59. The maximum absolute atomic E-state index is 11.0. The quantitative estimate of drug-likeness (QED) is 0.822. The molecule has 3 nitrogen and oxygen atoms in total. The topological polar surface area (TPSA) is 63.3 Å². The molecule has 1 aromatic carbocycles. The Hall–Kier alpha value is -1.46. The highest BCUT2D eigenvalue weighted by atomic mass is 32.2. The monoisotopic (exact) mass is 251 g/mol. The van der Waals surface area contributed by atoms with E-state index in [4.69, 9.17) is 10.8 Å². The molecule has 16 heavy (non-hydrogen) atoms. The van der Waals surface area contributed by atoms with Gasteiger partial charge in [-0.2, -0.15) is 0 Å². The molecular formula is C11H9NO2S2. The molecule has 0 atom stereocenters. The zero-order chi connectivity index (χ0) is 11.5. The third kappa shape index (κ3) is 2.37. The predicted molar refractivity (Wildman–Crippen MR) is 66.3 cm³/mol. The van der Waals surface area contributed by atoms with Gasteiger partial charge in [-0.15, -0.1) is 11.3 Å². The predicted octanol–water partition coefficient (Wildman–Crippen LogP) is 3.18. The van der Waals surface area contributed by atoms with Crippen LogP contribution < -0.4 is 5.73 Å². The van der Waals surface area contributed by atoms with Crippen molar-refractivity contribution in [1.29, 1.82) is 0 Å². The van der Waals surface area contributed by atoms with Crippen LogP contribution in [0.25, 0.3) is 0 Å². The molecule has 0 amide bonds. The highest BCUT2D eigenvalue weighted by Gasteiger charge is 2.11. The number of nitrogen functional groups attached to an aromatic ring is 1. The second-order valence-electron chi connectivity index (χ2n) is 3.09. The summed E-state index contributed by atoms with van der Waals surface area (Å²) in [7, 11) is 0. The van der Waals surface area contributed by atoms with E-state index < -0.39 is 5.97 Å². The Balaban J connectivity index is 2.36. The Kier molecular flexibility index (Phi) is 3.17. The van der Waals surface area contributed by atoms with Crippen LogP contribution in [0.4, 0.5) is 5.69 Å². The van der Waals surface area contributed by atoms with Crippen molar-refractivity contribution in [1.82, 2.24) is 0 Å². The van der Waals surface area contributed by atoms with Gasteiger partial charge in [0.25, 0.3) is 0 Å². The van der Waals surface area contributed by atoms with Gasteiger partial charge in [0.15, 0.2) is 0 Å². The van der Waals surface area contributed by atoms with Crippen molar-refractivity contribution in [3.63, 3.8) is 0 Å². The van der Waals surface area contributed by atoms with E-state index in [-0.39, 0.29) is 5.56 Å². The van der Waals surface area contributed by atoms with Gasteiger partial charge >= 0.3 is 5.97 Å². The van der Waals surface area contributed by atoms with Crippen LogP contribution in [0.3, 0.4) is 0 Å². The standard InChI is InChI=1S/C11H9NO2S2/c12-7-3-4-9(8(6-7)11(13)14)16-10-2-1-5-15-10/h1-6H,12H2,(H,13,14). The minimum atomic E-state index is -0.952. The lowest BCUT2D eigenvalue weighted by molar-refractivity contribution is 0.0693. The van der Waals surface area contributed by atoms with Gasteiger partial charge < -0.3 is 10.8 Å². The van der Waals surface area contributed by atoms with Crippen molar-refractivity contribution in [3.8, 4) is 0 Å². The van der Waals surface area contributed by atoms with E-state index in [1.165, 1.54) is 17.8 Å². The summed E-state index contributed by atoms with van der Waals surface area (Å²) in [6, 6.07) is 8.83. The number of hydrogen-bond acceptors (Lipinski definition) is 4. The summed E-state index contributed by atoms with van der Waals surface area (Å²) in [5.74, 6) is -0.952. The number of anilines is 1. The first kappa shape index (κ1) is 11.0. The molecule has 0 bridgehead atoms. The molecule has 0 spiro atoms. The Bertz CT molecular complexity index is 509. The number of rotatable bonds is 3. The van der Waals surface area contributed by atoms with Crippen molar-refractivity contribution < 1.29 is 9.90 Å². The molecule has 2 aromatic rings. The van der Waals surface area contributed by atoms with E-state index in [9.17, 15) is 4.79 Å². The number of hydrogen-bond donors (Lipinski definition) is 2. The number of nitrogens with two attached hydrogens (primary N) is 1. The van der Waals surface area contributed by atoms with Gasteiger partial charge in [-0.3, -0.25) is 0 Å². The zero-order valence-corrected chi connectivity index (χ0v) is 9.85. The molecule has 3 N–H and O–H groups in total. The van der Waals surface area contributed by atoms with E-state index in [1.807, 2.05) is 17.5 Å². The Morgan fingerprint density at radius 3 is 2.81 bits per heavy atom. The Morgan fingerprint density at radius 2 is 2.19 bits per heavy atom. The lowest BCUT2D eigenvalue weighted by Crippen LogP contribution is -2.00. The van der Waals surface area contributed by atoms with Gasteiger partial charge in [-0.1, -0.05) is 17.8 Å². The lowest BCUT2D eigenvalue weighted by Gasteiger charge is -2.04. The highest BCUT2D eigenvalue weighted by molar-refractivity contribution is 8.01.